The van der Waals surface area contributed by atoms with E-state index in [0.717, 1.165) is 16.8 Å². The number of hydrogen-bond acceptors (Lipinski definition) is 4. The van der Waals surface area contributed by atoms with Gasteiger partial charge in [-0.1, -0.05) is 24.3 Å². The van der Waals surface area contributed by atoms with Crippen molar-refractivity contribution in [2.24, 2.45) is 0 Å². The molecule has 0 saturated carbocycles. The first-order valence-electron chi connectivity index (χ1n) is 9.60. The Kier molecular flexibility index (Phi) is 5.46. The van der Waals surface area contributed by atoms with E-state index in [1.807, 2.05) is 53.4 Å². The van der Waals surface area contributed by atoms with Gasteiger partial charge in [0.2, 0.25) is 5.91 Å². The number of phenols is 1. The number of carbonyl (C=O) groups is 1. The average Bonchev–Trinajstić information content (AvgIpc) is 3.36. The molecule has 6 nitrogen and oxygen atoms in total. The van der Waals surface area contributed by atoms with E-state index < -0.39 is 15.9 Å². The summed E-state index contributed by atoms with van der Waals surface area (Å²) >= 11 is 0. The number of carbonyl (C=O) groups excluding carboxylic acids is 1. The summed E-state index contributed by atoms with van der Waals surface area (Å²) in [4.78, 5) is 14.7. The van der Waals surface area contributed by atoms with Crippen molar-refractivity contribution < 1.29 is 18.3 Å². The molecule has 2 aromatic carbocycles. The monoisotopic (exact) mass is 422 g/mol. The normalized spacial score (nSPS) is 17.1. The molecule has 1 aliphatic rings. The van der Waals surface area contributed by atoms with Crippen LogP contribution in [0.2, 0.25) is 0 Å². The van der Waals surface area contributed by atoms with Gasteiger partial charge in [-0.3, -0.25) is 4.79 Å². The summed E-state index contributed by atoms with van der Waals surface area (Å²) in [5.41, 5.74) is 2.59. The van der Waals surface area contributed by atoms with Crippen molar-refractivity contribution in [3.8, 4) is 11.4 Å². The van der Waals surface area contributed by atoms with Gasteiger partial charge in [-0.15, -0.1) is 0 Å². The highest BCUT2D eigenvalue weighted by Crippen LogP contribution is 2.21. The Bertz CT molecular complexity index is 1170. The van der Waals surface area contributed by atoms with Crippen LogP contribution in [0.5, 0.6) is 5.75 Å². The van der Waals surface area contributed by atoms with Crippen LogP contribution in [0.4, 0.5) is 0 Å². The summed E-state index contributed by atoms with van der Waals surface area (Å²) in [5, 5.41) is 10.9. The number of hydrogen-bond donors (Lipinski definition) is 1. The number of benzene rings is 2. The first-order valence-corrected chi connectivity index (χ1v) is 11.3. The maximum atomic E-state index is 13.1. The predicted octanol–water partition coefficient (Wildman–Crippen LogP) is 3.06. The smallest absolute Gasteiger partial charge is 0.227 e. The Hall–Kier alpha value is -3.32. The van der Waals surface area contributed by atoms with E-state index in [9.17, 15) is 18.3 Å². The molecule has 0 spiro atoms. The third-order valence-corrected chi connectivity index (χ3v) is 6.47. The minimum atomic E-state index is -3.30. The molecule has 1 N–H and O–H groups in total. The first-order chi connectivity index (χ1) is 14.4. The van der Waals surface area contributed by atoms with E-state index in [1.54, 1.807) is 35.2 Å². The van der Waals surface area contributed by atoms with Crippen LogP contribution in [0, 0.1) is 0 Å². The van der Waals surface area contributed by atoms with Gasteiger partial charge in [-0.25, -0.2) is 8.42 Å². The van der Waals surface area contributed by atoms with Crippen LogP contribution in [0.25, 0.3) is 5.69 Å². The highest BCUT2D eigenvalue weighted by Gasteiger charge is 2.30. The quantitative estimate of drug-likeness (QED) is 0.662. The van der Waals surface area contributed by atoms with Gasteiger partial charge in [0.05, 0.1) is 18.2 Å². The Morgan fingerprint density at radius 1 is 1.03 bits per heavy atom. The molecule has 2 heterocycles. The minimum absolute atomic E-state index is 0.107. The number of sulfone groups is 1. The van der Waals surface area contributed by atoms with Crippen molar-refractivity contribution in [1.29, 1.82) is 0 Å². The molecule has 1 aliphatic heterocycles. The molecule has 4 rings (SSSR count). The molecule has 3 aromatic rings. The van der Waals surface area contributed by atoms with Crippen molar-refractivity contribution >= 4 is 15.7 Å². The second-order valence-corrected chi connectivity index (χ2v) is 9.28. The lowest BCUT2D eigenvalue weighted by molar-refractivity contribution is -0.132. The molecular formula is C23H22N2O4S. The third kappa shape index (κ3) is 4.63. The molecule has 154 valence electrons. The van der Waals surface area contributed by atoms with Crippen LogP contribution in [0.1, 0.15) is 11.1 Å². The first kappa shape index (κ1) is 20.0. The van der Waals surface area contributed by atoms with Gasteiger partial charge in [0.15, 0.2) is 9.84 Å². The second kappa shape index (κ2) is 8.20. The van der Waals surface area contributed by atoms with E-state index >= 15 is 0 Å². The van der Waals surface area contributed by atoms with Gasteiger partial charge in [0, 0.05) is 30.0 Å². The van der Waals surface area contributed by atoms with Crippen molar-refractivity contribution in [2.45, 2.75) is 19.0 Å². The van der Waals surface area contributed by atoms with E-state index in [2.05, 4.69) is 0 Å². The van der Waals surface area contributed by atoms with Gasteiger partial charge in [0.25, 0.3) is 0 Å². The molecule has 7 heteroatoms. The Morgan fingerprint density at radius 2 is 1.77 bits per heavy atom. The van der Waals surface area contributed by atoms with Crippen molar-refractivity contribution in [2.75, 3.05) is 5.75 Å². The van der Waals surface area contributed by atoms with Crippen LogP contribution >= 0.6 is 0 Å². The molecular weight excluding hydrogens is 400 g/mol. The molecule has 0 aliphatic carbocycles. The van der Waals surface area contributed by atoms with Crippen LogP contribution in [0.15, 0.2) is 84.5 Å². The van der Waals surface area contributed by atoms with Gasteiger partial charge in [-0.05, 0) is 53.6 Å². The Balaban J connectivity index is 1.53. The SMILES string of the molecule is O=C(Cc1ccc(-n2cccc2)cc1)N(Cc1cccc(O)c1)C1C=CS(=O)(=O)C1. The minimum Gasteiger partial charge on any atom is -0.508 e. The fourth-order valence-corrected chi connectivity index (χ4v) is 4.86. The lowest BCUT2D eigenvalue weighted by atomic mass is 10.1. The third-order valence-electron chi connectivity index (χ3n) is 5.09. The maximum absolute atomic E-state index is 13.1. The maximum Gasteiger partial charge on any atom is 0.227 e. The second-order valence-electron chi connectivity index (χ2n) is 7.35. The molecule has 0 bridgehead atoms. The number of aromatic hydroxyl groups is 1. The van der Waals surface area contributed by atoms with Crippen molar-refractivity contribution in [3.63, 3.8) is 0 Å². The van der Waals surface area contributed by atoms with Crippen LogP contribution < -0.4 is 0 Å². The summed E-state index contributed by atoms with van der Waals surface area (Å²) in [5.74, 6) is -0.182. The molecule has 30 heavy (non-hydrogen) atoms. The molecule has 1 unspecified atom stereocenters. The van der Waals surface area contributed by atoms with Gasteiger partial charge >= 0.3 is 0 Å². The number of aromatic nitrogens is 1. The molecule has 0 fully saturated rings. The topological polar surface area (TPSA) is 79.6 Å². The fraction of sp³-hybridized carbons (Fsp3) is 0.174. The van der Waals surface area contributed by atoms with E-state index in [-0.39, 0.29) is 30.4 Å². The molecule has 1 amide bonds. The lowest BCUT2D eigenvalue weighted by Gasteiger charge is -2.28. The molecule has 1 atom stereocenters. The average molecular weight is 423 g/mol. The summed E-state index contributed by atoms with van der Waals surface area (Å²) in [6, 6.07) is 17.7. The van der Waals surface area contributed by atoms with E-state index in [0.29, 0.717) is 0 Å². The lowest BCUT2D eigenvalue weighted by Crippen LogP contribution is -2.41. The molecule has 0 radical (unpaired) electrons. The molecule has 0 saturated heterocycles. The van der Waals surface area contributed by atoms with Gasteiger partial charge in [0.1, 0.15) is 5.75 Å². The van der Waals surface area contributed by atoms with Crippen LogP contribution in [-0.2, 0) is 27.6 Å². The van der Waals surface area contributed by atoms with Gasteiger partial charge < -0.3 is 14.6 Å². The summed E-state index contributed by atoms with van der Waals surface area (Å²) in [6.45, 7) is 0.221. The van der Waals surface area contributed by atoms with Crippen molar-refractivity contribution in [1.82, 2.24) is 9.47 Å². The number of amides is 1. The number of phenolic OH excluding ortho intramolecular Hbond substituents is 1. The van der Waals surface area contributed by atoms with Gasteiger partial charge in [-0.2, -0.15) is 0 Å². The van der Waals surface area contributed by atoms with Crippen LogP contribution in [-0.4, -0.2) is 40.7 Å². The zero-order valence-electron chi connectivity index (χ0n) is 16.3. The van der Waals surface area contributed by atoms with E-state index in [1.165, 1.54) is 5.41 Å². The highest BCUT2D eigenvalue weighted by molar-refractivity contribution is 7.94. The number of rotatable bonds is 6. The summed E-state index contributed by atoms with van der Waals surface area (Å²) in [7, 11) is -3.30. The summed E-state index contributed by atoms with van der Waals surface area (Å²) in [6.07, 6.45) is 5.62. The Labute approximate surface area is 175 Å². The number of nitrogens with zero attached hydrogens (tertiary/aromatic N) is 2. The van der Waals surface area contributed by atoms with Crippen molar-refractivity contribution in [3.05, 3.63) is 95.7 Å². The standard InChI is InChI=1S/C23H22N2O4S/c26-22-5-3-4-19(14-22)16-25(21-10-13-30(28,29)17-21)23(27)15-18-6-8-20(9-7-18)24-11-1-2-12-24/h1-14,21,26H,15-17H2. The van der Waals surface area contributed by atoms with Crippen LogP contribution in [0.3, 0.4) is 0 Å². The fourth-order valence-electron chi connectivity index (χ4n) is 3.56. The summed E-state index contributed by atoms with van der Waals surface area (Å²) < 4.78 is 25.8. The largest absolute Gasteiger partial charge is 0.508 e. The predicted molar refractivity (Wildman–Crippen MR) is 115 cm³/mol. The zero-order chi connectivity index (χ0) is 21.1. The Morgan fingerprint density at radius 3 is 2.40 bits per heavy atom. The zero-order valence-corrected chi connectivity index (χ0v) is 17.1. The van der Waals surface area contributed by atoms with E-state index in [4.69, 9.17) is 0 Å². The highest BCUT2D eigenvalue weighted by atomic mass is 32.2. The molecule has 1 aromatic heterocycles.